The fourth-order valence-electron chi connectivity index (χ4n) is 10.9. The second-order valence-corrected chi connectivity index (χ2v) is 23.9. The number of cyclic esters (lactones) is 1. The number of anilines is 4. The van der Waals surface area contributed by atoms with Crippen molar-refractivity contribution in [2.75, 3.05) is 40.3 Å². The molecule has 5 atom stereocenters. The van der Waals surface area contributed by atoms with E-state index in [2.05, 4.69) is 41.9 Å². The SMILES string of the molecule is CCCNC(=O)Nc1cccc(S(=O)(=O)Nc2cccc(C(CC(=O)O)NC(=O)Nc3ccc(NC(=S)NC(CCN)C(=O)N4CCC[C@H]4C(=O)N[C@H](C(=O)O[C@]4(CC)C(=O)OCc5c4cc4n(c5=O)Cc5cc6ccccc6nc5-4)C(C)C)cc3)c2)c1. The standard InChI is InChI=1S/C61H68N12O13S2/c1-5-25-63-58(81)65-40-14-10-16-42(29-40)88(83,84)71-41-15-9-13-36(28-41)47(31-50(74)75)68-59(82)64-38-19-21-39(22-20-38)66-60(87)69-46(23-24-62)55(78)72-26-11-18-48(72)53(76)70-51(34(3)4)56(79)86-61(6-2)44-30-49-52-37(27-35-12-7-8-17-45(35)67-52)32-73(49)54(77)43(44)33-85-57(61)80/h7-10,12-17,19-22,27-30,34,46-48,51,71H,5-6,11,18,23-26,31-33,62H2,1-4H3,(H,70,76)(H,74,75)(H2,63,65,81)(H2,64,68,82)(H2,66,69,87)/t46?,47?,48-,51-,61-/m0/s1. The van der Waals surface area contributed by atoms with Crippen LogP contribution in [0.2, 0.25) is 0 Å². The molecule has 0 radical (unpaired) electrons. The van der Waals surface area contributed by atoms with Gasteiger partial charge in [0, 0.05) is 52.4 Å². The van der Waals surface area contributed by atoms with Gasteiger partial charge in [0.1, 0.15) is 24.7 Å². The summed E-state index contributed by atoms with van der Waals surface area (Å²) in [6.45, 7) is 7.53. The molecule has 3 aliphatic rings. The quantitative estimate of drug-likeness (QED) is 0.0269. The van der Waals surface area contributed by atoms with Crippen molar-refractivity contribution >= 4 is 103 Å². The fraction of sp³-hybridized carbons (Fsp3) is 0.344. The van der Waals surface area contributed by atoms with Crippen LogP contribution < -0.4 is 53.2 Å². The lowest BCUT2D eigenvalue weighted by Crippen LogP contribution is -2.57. The first-order valence-corrected chi connectivity index (χ1v) is 30.6. The minimum absolute atomic E-state index is 0.0285. The summed E-state index contributed by atoms with van der Waals surface area (Å²) in [6.07, 6.45) is 0.891. The third-order valence-electron chi connectivity index (χ3n) is 15.3. The van der Waals surface area contributed by atoms with Crippen LogP contribution in [-0.4, -0.2) is 113 Å². The van der Waals surface area contributed by atoms with Gasteiger partial charge in [0.05, 0.1) is 46.4 Å². The van der Waals surface area contributed by atoms with Gasteiger partial charge >= 0.3 is 30.0 Å². The molecule has 11 N–H and O–H groups in total. The molecule has 0 spiro atoms. The fourth-order valence-corrected chi connectivity index (χ4v) is 12.2. The lowest BCUT2D eigenvalue weighted by atomic mass is 9.85. The van der Waals surface area contributed by atoms with Crippen LogP contribution in [0.5, 0.6) is 0 Å². The number of benzene rings is 4. The van der Waals surface area contributed by atoms with E-state index in [-0.39, 0.29) is 83.6 Å². The van der Waals surface area contributed by atoms with Crippen LogP contribution in [0.3, 0.4) is 0 Å². The van der Waals surface area contributed by atoms with E-state index >= 15 is 0 Å². The Morgan fingerprint density at radius 1 is 0.852 bits per heavy atom. The van der Waals surface area contributed by atoms with E-state index in [0.29, 0.717) is 42.1 Å². The molecular weight excluding hydrogens is 1170 g/mol. The minimum Gasteiger partial charge on any atom is -0.481 e. The van der Waals surface area contributed by atoms with Gasteiger partial charge in [-0.15, -0.1) is 0 Å². The van der Waals surface area contributed by atoms with Crippen molar-refractivity contribution < 1.29 is 56.6 Å². The van der Waals surface area contributed by atoms with Crippen molar-refractivity contribution in [1.29, 1.82) is 0 Å². The molecule has 25 nitrogen and oxygen atoms in total. The summed E-state index contributed by atoms with van der Waals surface area (Å²) in [5, 5.41) is 30.1. The molecule has 5 heterocycles. The predicted octanol–water partition coefficient (Wildman–Crippen LogP) is 6.14. The number of para-hydroxylation sites is 1. The molecule has 0 aliphatic carbocycles. The number of hydrogen-bond donors (Lipinski definition) is 10. The third-order valence-corrected chi connectivity index (χ3v) is 16.9. The largest absolute Gasteiger partial charge is 0.481 e. The number of carboxylic acids is 1. The zero-order valence-electron chi connectivity index (χ0n) is 48.6. The van der Waals surface area contributed by atoms with Gasteiger partial charge in [-0.05, 0) is 135 Å². The van der Waals surface area contributed by atoms with Crippen LogP contribution >= 0.6 is 12.2 Å². The summed E-state index contributed by atoms with van der Waals surface area (Å²) in [6, 6.07) is 23.3. The Morgan fingerprint density at radius 3 is 2.28 bits per heavy atom. The van der Waals surface area contributed by atoms with Gasteiger partial charge in [0.15, 0.2) is 5.11 Å². The predicted molar refractivity (Wildman–Crippen MR) is 331 cm³/mol. The van der Waals surface area contributed by atoms with Crippen molar-refractivity contribution in [3.63, 3.8) is 0 Å². The molecule has 0 bridgehead atoms. The van der Waals surface area contributed by atoms with E-state index in [0.717, 1.165) is 16.5 Å². The van der Waals surface area contributed by atoms with Gasteiger partial charge < -0.3 is 67.0 Å². The molecule has 27 heteroatoms. The van der Waals surface area contributed by atoms with Crippen LogP contribution in [0.4, 0.5) is 32.3 Å². The Kier molecular flexibility index (Phi) is 19.4. The monoisotopic (exact) mass is 1240 g/mol. The van der Waals surface area contributed by atoms with E-state index in [1.165, 1.54) is 65.6 Å². The van der Waals surface area contributed by atoms with Gasteiger partial charge in [-0.1, -0.05) is 64.1 Å². The molecule has 0 saturated carbocycles. The summed E-state index contributed by atoms with van der Waals surface area (Å²) in [7, 11) is -4.20. The first-order valence-electron chi connectivity index (χ1n) is 28.7. The van der Waals surface area contributed by atoms with Gasteiger partial charge in [-0.25, -0.2) is 32.6 Å². The summed E-state index contributed by atoms with van der Waals surface area (Å²) in [5.41, 5.74) is 7.79. The molecule has 4 aromatic carbocycles. The zero-order chi connectivity index (χ0) is 63.0. The van der Waals surface area contributed by atoms with Gasteiger partial charge in [0.25, 0.3) is 15.6 Å². The molecule has 6 aromatic rings. The number of nitrogens with one attached hydrogen (secondary N) is 8. The maximum absolute atomic E-state index is 14.4. The molecule has 3 aliphatic heterocycles. The maximum Gasteiger partial charge on any atom is 0.355 e. The summed E-state index contributed by atoms with van der Waals surface area (Å²) < 4.78 is 42.6. The number of nitrogens with zero attached hydrogens (tertiary/aromatic N) is 3. The average Bonchev–Trinajstić information content (AvgIpc) is 1.40. The number of urea groups is 2. The number of nitrogens with two attached hydrogens (primary N) is 1. The van der Waals surface area contributed by atoms with Gasteiger partial charge in [-0.2, -0.15) is 0 Å². The first-order chi connectivity index (χ1) is 42.1. The van der Waals surface area contributed by atoms with Crippen LogP contribution in [0, 0.1) is 5.92 Å². The van der Waals surface area contributed by atoms with Crippen LogP contribution in [0.25, 0.3) is 22.3 Å². The van der Waals surface area contributed by atoms with Crippen LogP contribution in [0.1, 0.15) is 94.5 Å². The molecule has 2 unspecified atom stereocenters. The molecular formula is C61H68N12O13S2. The smallest absolute Gasteiger partial charge is 0.355 e. The number of pyridine rings is 2. The molecule has 6 amide bonds. The first kappa shape index (κ1) is 63.0. The lowest BCUT2D eigenvalue weighted by Gasteiger charge is -2.37. The number of carbonyl (C=O) groups is 7. The number of ether oxygens (including phenoxy) is 2. The number of aromatic nitrogens is 2. The number of likely N-dealkylation sites (tertiary alicyclic amines) is 1. The van der Waals surface area contributed by atoms with E-state index in [1.54, 1.807) is 43.5 Å². The Labute approximate surface area is 511 Å². The van der Waals surface area contributed by atoms with Crippen molar-refractivity contribution in [1.82, 2.24) is 35.7 Å². The van der Waals surface area contributed by atoms with Gasteiger partial charge in [-0.3, -0.25) is 23.9 Å². The number of sulfonamides is 1. The Hall–Kier alpha value is -9.47. The number of esters is 2. The second-order valence-electron chi connectivity index (χ2n) is 21.8. The summed E-state index contributed by atoms with van der Waals surface area (Å²) in [5.74, 6) is -4.73. The van der Waals surface area contributed by atoms with Crippen LogP contribution in [-0.2, 0) is 62.2 Å². The third kappa shape index (κ3) is 14.0. The molecule has 2 aromatic heterocycles. The Bertz CT molecular complexity index is 3900. The number of thiocarbonyl (C=S) groups is 1. The molecule has 462 valence electrons. The van der Waals surface area contributed by atoms with Crippen molar-refractivity contribution in [2.45, 2.75) is 114 Å². The minimum atomic E-state index is -4.20. The van der Waals surface area contributed by atoms with E-state index < -0.39 is 99.5 Å². The number of carboxylic acid groups (broad SMARTS) is 1. The van der Waals surface area contributed by atoms with Crippen molar-refractivity contribution in [2.24, 2.45) is 11.7 Å². The highest BCUT2D eigenvalue weighted by molar-refractivity contribution is 7.92. The van der Waals surface area contributed by atoms with Crippen molar-refractivity contribution in [3.05, 3.63) is 142 Å². The van der Waals surface area contributed by atoms with E-state index in [9.17, 15) is 51.9 Å². The number of aliphatic carboxylic acids is 1. The lowest BCUT2D eigenvalue weighted by molar-refractivity contribution is -0.191. The van der Waals surface area contributed by atoms with Gasteiger partial charge in [0.2, 0.25) is 17.4 Å². The highest BCUT2D eigenvalue weighted by atomic mass is 32.2. The summed E-state index contributed by atoms with van der Waals surface area (Å²) in [4.78, 5) is 115. The highest BCUT2D eigenvalue weighted by Gasteiger charge is 2.52. The maximum atomic E-state index is 14.4. The van der Waals surface area contributed by atoms with Crippen LogP contribution in [0.15, 0.2) is 119 Å². The zero-order valence-corrected chi connectivity index (χ0v) is 50.3. The second kappa shape index (κ2) is 27.1. The number of hydrogen-bond acceptors (Lipinski definition) is 15. The number of fused-ring (bicyclic) bond motifs is 5. The Balaban J connectivity index is 0.804. The number of carbonyl (C=O) groups excluding carboxylic acids is 6. The topological polar surface area (TPSA) is 353 Å². The van der Waals surface area contributed by atoms with Crippen molar-refractivity contribution in [3.8, 4) is 11.4 Å². The summed E-state index contributed by atoms with van der Waals surface area (Å²) >= 11 is 5.62. The highest BCUT2D eigenvalue weighted by Crippen LogP contribution is 2.41. The number of amides is 6. The number of rotatable bonds is 22. The average molecular weight is 1240 g/mol. The molecule has 1 saturated heterocycles. The molecule has 9 rings (SSSR count). The Morgan fingerprint density at radius 2 is 1.57 bits per heavy atom. The molecule has 88 heavy (non-hydrogen) atoms. The molecule has 1 fully saturated rings. The van der Waals surface area contributed by atoms with E-state index in [4.69, 9.17) is 32.4 Å². The van der Waals surface area contributed by atoms with E-state index in [1.807, 2.05) is 37.3 Å². The normalized spacial score (nSPS) is 16.8.